The highest BCUT2D eigenvalue weighted by atomic mass is 16.3. The molecule has 6 heteroatoms. The molecule has 1 unspecified atom stereocenters. The van der Waals surface area contributed by atoms with Crippen LogP contribution in [0, 0.1) is 11.3 Å². The predicted molar refractivity (Wildman–Crippen MR) is 114 cm³/mol. The highest BCUT2D eigenvalue weighted by molar-refractivity contribution is 5.91. The lowest BCUT2D eigenvalue weighted by molar-refractivity contribution is -0.661. The topological polar surface area (TPSA) is 103 Å². The first-order chi connectivity index (χ1) is 14.6. The van der Waals surface area contributed by atoms with Crippen LogP contribution in [-0.2, 0) is 17.6 Å². The quantitative estimate of drug-likeness (QED) is 0.477. The summed E-state index contributed by atoms with van der Waals surface area (Å²) in [6.07, 6.45) is 2.18. The van der Waals surface area contributed by atoms with Gasteiger partial charge in [-0.25, -0.2) is 0 Å². The second-order valence-electron chi connectivity index (χ2n) is 7.06. The highest BCUT2D eigenvalue weighted by Crippen LogP contribution is 2.13. The first-order valence-electron chi connectivity index (χ1n) is 9.92. The van der Waals surface area contributed by atoms with Gasteiger partial charge in [-0.05, 0) is 47.5 Å². The summed E-state index contributed by atoms with van der Waals surface area (Å²) in [7, 11) is 0. The molecule has 152 valence electrons. The number of carbonyl (C=O) groups is 1. The van der Waals surface area contributed by atoms with Gasteiger partial charge in [-0.2, -0.15) is 5.26 Å². The maximum atomic E-state index is 12.1. The molecule has 0 saturated heterocycles. The third-order valence-corrected chi connectivity index (χ3v) is 4.73. The Labute approximate surface area is 176 Å². The van der Waals surface area contributed by atoms with Gasteiger partial charge in [-0.15, -0.1) is 0 Å². The number of aliphatic hydroxyl groups excluding tert-OH is 1. The van der Waals surface area contributed by atoms with E-state index in [4.69, 9.17) is 5.26 Å². The molecule has 3 rings (SSSR count). The summed E-state index contributed by atoms with van der Waals surface area (Å²) < 4.78 is 0. The second kappa shape index (κ2) is 10.9. The summed E-state index contributed by atoms with van der Waals surface area (Å²) in [5, 5.41) is 24.2. The molecule has 1 heterocycles. The van der Waals surface area contributed by atoms with Gasteiger partial charge in [0.2, 0.25) is 5.91 Å². The summed E-state index contributed by atoms with van der Waals surface area (Å²) in [6.45, 7) is 1.37. The number of hydrogen-bond donors (Lipinski definition) is 3. The molecule has 6 nitrogen and oxygen atoms in total. The number of nitrogens with zero attached hydrogens (tertiary/aromatic N) is 2. The van der Waals surface area contributed by atoms with Crippen molar-refractivity contribution >= 4 is 11.6 Å². The van der Waals surface area contributed by atoms with E-state index in [9.17, 15) is 9.90 Å². The van der Waals surface area contributed by atoms with Gasteiger partial charge in [0.1, 0.15) is 12.6 Å². The van der Waals surface area contributed by atoms with E-state index in [-0.39, 0.29) is 12.3 Å². The molecule has 0 aliphatic heterocycles. The number of nitrogens with one attached hydrogen (secondary N) is 1. The van der Waals surface area contributed by atoms with Gasteiger partial charge in [0, 0.05) is 24.0 Å². The molecule has 4 N–H and O–H groups in total. The number of nitriles is 1. The van der Waals surface area contributed by atoms with Crippen LogP contribution in [0.1, 0.15) is 28.5 Å². The number of rotatable bonds is 9. The number of aliphatic hydroxyl groups is 1. The van der Waals surface area contributed by atoms with Gasteiger partial charge in [-0.1, -0.05) is 30.3 Å². The number of amides is 1. The van der Waals surface area contributed by atoms with E-state index < -0.39 is 6.10 Å². The van der Waals surface area contributed by atoms with E-state index >= 15 is 0 Å². The summed E-state index contributed by atoms with van der Waals surface area (Å²) in [4.78, 5) is 16.3. The number of aromatic nitrogens is 1. The summed E-state index contributed by atoms with van der Waals surface area (Å²) in [5.74, 6) is -0.0933. The number of hydrogen-bond acceptors (Lipinski definition) is 4. The van der Waals surface area contributed by atoms with Gasteiger partial charge in [-0.3, -0.25) is 9.78 Å². The Morgan fingerprint density at radius 1 is 1.13 bits per heavy atom. The Hall–Kier alpha value is -3.53. The average molecular weight is 401 g/mol. The fourth-order valence-electron chi connectivity index (χ4n) is 3.12. The molecule has 2 aromatic carbocycles. The Kier molecular flexibility index (Phi) is 7.67. The van der Waals surface area contributed by atoms with E-state index in [0.29, 0.717) is 12.1 Å². The van der Waals surface area contributed by atoms with Crippen LogP contribution in [0.3, 0.4) is 0 Å². The van der Waals surface area contributed by atoms with Crippen LogP contribution in [0.25, 0.3) is 0 Å². The Morgan fingerprint density at radius 3 is 2.70 bits per heavy atom. The fourth-order valence-corrected chi connectivity index (χ4v) is 3.12. The maximum absolute atomic E-state index is 12.1. The molecule has 1 atom stereocenters. The van der Waals surface area contributed by atoms with Gasteiger partial charge in [0.25, 0.3) is 0 Å². The van der Waals surface area contributed by atoms with Gasteiger partial charge in [0.15, 0.2) is 0 Å². The number of nitrogens with two attached hydrogens (primary N) is 1. The van der Waals surface area contributed by atoms with E-state index in [1.54, 1.807) is 24.4 Å². The number of quaternary nitrogens is 1. The van der Waals surface area contributed by atoms with Crippen LogP contribution in [0.15, 0.2) is 72.9 Å². The molecule has 30 heavy (non-hydrogen) atoms. The average Bonchev–Trinajstić information content (AvgIpc) is 2.78. The SMILES string of the molecule is N#Cc1cccc(C(O)C[NH2+]CCc2ccc(NC(=O)Cc3ccccn3)cc2)c1. The third-order valence-electron chi connectivity index (χ3n) is 4.73. The first kappa shape index (κ1) is 21.2. The van der Waals surface area contributed by atoms with E-state index in [0.717, 1.165) is 35.5 Å². The van der Waals surface area contributed by atoms with E-state index in [2.05, 4.69) is 21.7 Å². The van der Waals surface area contributed by atoms with E-state index in [1.165, 1.54) is 0 Å². The third kappa shape index (κ3) is 6.52. The molecule has 0 saturated carbocycles. The zero-order valence-electron chi connectivity index (χ0n) is 16.7. The molecule has 0 fully saturated rings. The van der Waals surface area contributed by atoms with Gasteiger partial charge in [0.05, 0.1) is 24.6 Å². The molecular weight excluding hydrogens is 376 g/mol. The van der Waals surface area contributed by atoms with Crippen molar-refractivity contribution in [1.82, 2.24) is 4.98 Å². The predicted octanol–water partition coefficient (Wildman–Crippen LogP) is 1.97. The summed E-state index contributed by atoms with van der Waals surface area (Å²) in [6, 6.07) is 22.5. The molecule has 0 spiro atoms. The van der Waals surface area contributed by atoms with Crippen LogP contribution in [0.2, 0.25) is 0 Å². The van der Waals surface area contributed by atoms with Gasteiger partial charge >= 0.3 is 0 Å². The highest BCUT2D eigenvalue weighted by Gasteiger charge is 2.10. The lowest BCUT2D eigenvalue weighted by Gasteiger charge is -2.10. The normalized spacial score (nSPS) is 11.5. The largest absolute Gasteiger partial charge is 0.382 e. The fraction of sp³-hybridized carbons (Fsp3) is 0.208. The van der Waals surface area contributed by atoms with E-state index in [1.807, 2.05) is 48.5 Å². The second-order valence-corrected chi connectivity index (χ2v) is 7.06. The van der Waals surface area contributed by atoms with Crippen molar-refractivity contribution in [1.29, 1.82) is 5.26 Å². The Bertz CT molecular complexity index is 998. The van der Waals surface area contributed by atoms with Crippen molar-refractivity contribution in [3.05, 3.63) is 95.3 Å². The summed E-state index contributed by atoms with van der Waals surface area (Å²) in [5.41, 5.74) is 3.98. The maximum Gasteiger partial charge on any atom is 0.230 e. The smallest absolute Gasteiger partial charge is 0.230 e. The zero-order chi connectivity index (χ0) is 21.2. The van der Waals surface area contributed by atoms with Crippen molar-refractivity contribution in [3.63, 3.8) is 0 Å². The number of benzene rings is 2. The van der Waals surface area contributed by atoms with Crippen LogP contribution < -0.4 is 10.6 Å². The molecular formula is C24H25N4O2+. The minimum absolute atomic E-state index is 0.0933. The molecule has 0 aliphatic rings. The molecule has 3 aromatic rings. The monoisotopic (exact) mass is 401 g/mol. The summed E-state index contributed by atoms with van der Waals surface area (Å²) >= 11 is 0. The number of anilines is 1. The van der Waals surface area contributed by atoms with Crippen LogP contribution in [0.4, 0.5) is 5.69 Å². The van der Waals surface area contributed by atoms with Crippen LogP contribution >= 0.6 is 0 Å². The Morgan fingerprint density at radius 2 is 1.97 bits per heavy atom. The zero-order valence-corrected chi connectivity index (χ0v) is 16.7. The molecule has 1 aromatic heterocycles. The molecule has 0 bridgehead atoms. The van der Waals surface area contributed by atoms with Crippen LogP contribution in [-0.4, -0.2) is 29.1 Å². The van der Waals surface area contributed by atoms with Crippen LogP contribution in [0.5, 0.6) is 0 Å². The van der Waals surface area contributed by atoms with Crippen molar-refractivity contribution in [2.24, 2.45) is 0 Å². The molecule has 0 radical (unpaired) electrons. The van der Waals surface area contributed by atoms with Crippen molar-refractivity contribution in [3.8, 4) is 6.07 Å². The van der Waals surface area contributed by atoms with Crippen molar-refractivity contribution in [2.75, 3.05) is 18.4 Å². The molecule has 1 amide bonds. The number of carbonyl (C=O) groups excluding carboxylic acids is 1. The molecule has 0 aliphatic carbocycles. The standard InChI is InChI=1S/C24H24N4O2/c25-16-19-4-3-5-20(14-19)23(29)17-26-13-11-18-7-9-21(10-8-18)28-24(30)15-22-6-1-2-12-27-22/h1-10,12,14,23,26,29H,11,13,15,17H2,(H,28,30)/p+1. The van der Waals surface area contributed by atoms with Crippen molar-refractivity contribution in [2.45, 2.75) is 18.9 Å². The number of pyridine rings is 1. The minimum atomic E-state index is -0.602. The lowest BCUT2D eigenvalue weighted by Crippen LogP contribution is -2.85. The Balaban J connectivity index is 1.40. The van der Waals surface area contributed by atoms with Gasteiger partial charge < -0.3 is 15.7 Å². The minimum Gasteiger partial charge on any atom is -0.382 e. The lowest BCUT2D eigenvalue weighted by atomic mass is 10.1. The first-order valence-corrected chi connectivity index (χ1v) is 9.92. The van der Waals surface area contributed by atoms with Crippen molar-refractivity contribution < 1.29 is 15.2 Å².